The molecule has 0 radical (unpaired) electrons. The average Bonchev–Trinajstić information content (AvgIpc) is 2.97. The summed E-state index contributed by atoms with van der Waals surface area (Å²) in [4.78, 5) is 0. The fourth-order valence-corrected chi connectivity index (χ4v) is 3.48. The highest BCUT2D eigenvalue weighted by Crippen LogP contribution is 2.28. The van der Waals surface area contributed by atoms with E-state index in [1.165, 1.54) is 11.3 Å². The first-order chi connectivity index (χ1) is 9.13. The van der Waals surface area contributed by atoms with Gasteiger partial charge in [0.05, 0.1) is 22.4 Å². The molecule has 0 saturated carbocycles. The maximum atomic E-state index is 4.48. The standard InChI is InChI=1S/C14H20BrN3S/c1-4-16-13(7-11-5-6-19-9-11)14-12(15)8-17-18(14)10(2)3/h5-6,8-10,13,16H,4,7H2,1-3H3. The lowest BCUT2D eigenvalue weighted by Crippen LogP contribution is -2.26. The van der Waals surface area contributed by atoms with Crippen LogP contribution in [0, 0.1) is 0 Å². The number of thiophene rings is 1. The minimum absolute atomic E-state index is 0.291. The third kappa shape index (κ3) is 3.46. The summed E-state index contributed by atoms with van der Waals surface area (Å²) in [6, 6.07) is 2.85. The van der Waals surface area contributed by atoms with Crippen LogP contribution in [0.5, 0.6) is 0 Å². The maximum absolute atomic E-state index is 4.48. The van der Waals surface area contributed by atoms with Gasteiger partial charge in [0.2, 0.25) is 0 Å². The van der Waals surface area contributed by atoms with E-state index in [1.807, 2.05) is 6.20 Å². The van der Waals surface area contributed by atoms with E-state index in [1.54, 1.807) is 11.3 Å². The van der Waals surface area contributed by atoms with E-state index in [-0.39, 0.29) is 0 Å². The zero-order chi connectivity index (χ0) is 13.8. The molecule has 0 aliphatic heterocycles. The van der Waals surface area contributed by atoms with E-state index < -0.39 is 0 Å². The molecule has 0 spiro atoms. The molecule has 1 N–H and O–H groups in total. The molecule has 0 saturated heterocycles. The number of rotatable bonds is 6. The quantitative estimate of drug-likeness (QED) is 0.853. The van der Waals surface area contributed by atoms with Crippen LogP contribution in [0.4, 0.5) is 0 Å². The Balaban J connectivity index is 2.30. The molecule has 0 fully saturated rings. The van der Waals surface area contributed by atoms with Gasteiger partial charge < -0.3 is 5.32 Å². The first-order valence-corrected chi connectivity index (χ1v) is 8.34. The maximum Gasteiger partial charge on any atom is 0.0702 e. The van der Waals surface area contributed by atoms with Crippen molar-refractivity contribution < 1.29 is 0 Å². The van der Waals surface area contributed by atoms with Crippen molar-refractivity contribution in [1.29, 1.82) is 0 Å². The van der Waals surface area contributed by atoms with Crippen molar-refractivity contribution in [2.24, 2.45) is 0 Å². The topological polar surface area (TPSA) is 29.9 Å². The fourth-order valence-electron chi connectivity index (χ4n) is 2.24. The molecule has 1 atom stereocenters. The molecule has 2 heterocycles. The highest BCUT2D eigenvalue weighted by molar-refractivity contribution is 9.10. The normalized spacial score (nSPS) is 13.1. The molecule has 2 rings (SSSR count). The fraction of sp³-hybridized carbons (Fsp3) is 0.500. The number of likely N-dealkylation sites (N-methyl/N-ethyl adjacent to an activating group) is 1. The van der Waals surface area contributed by atoms with E-state index >= 15 is 0 Å². The zero-order valence-electron chi connectivity index (χ0n) is 11.6. The van der Waals surface area contributed by atoms with Crippen LogP contribution in [0.3, 0.4) is 0 Å². The summed E-state index contributed by atoms with van der Waals surface area (Å²) in [5, 5.41) is 12.4. The van der Waals surface area contributed by atoms with Crippen LogP contribution in [-0.4, -0.2) is 16.3 Å². The van der Waals surface area contributed by atoms with Crippen molar-refractivity contribution in [3.63, 3.8) is 0 Å². The summed E-state index contributed by atoms with van der Waals surface area (Å²) in [5.74, 6) is 0. The van der Waals surface area contributed by atoms with Crippen LogP contribution >= 0.6 is 27.3 Å². The Labute approximate surface area is 127 Å². The number of halogens is 1. The van der Waals surface area contributed by atoms with Gasteiger partial charge in [0.25, 0.3) is 0 Å². The molecule has 0 amide bonds. The van der Waals surface area contributed by atoms with E-state index in [9.17, 15) is 0 Å². The zero-order valence-corrected chi connectivity index (χ0v) is 14.0. The first-order valence-electron chi connectivity index (χ1n) is 6.60. The predicted octanol–water partition coefficient (Wildman–Crippen LogP) is 4.18. The smallest absolute Gasteiger partial charge is 0.0702 e. The van der Waals surface area contributed by atoms with Gasteiger partial charge in [-0.1, -0.05) is 6.92 Å². The van der Waals surface area contributed by atoms with Gasteiger partial charge in [-0.2, -0.15) is 16.4 Å². The third-order valence-corrected chi connectivity index (χ3v) is 4.42. The van der Waals surface area contributed by atoms with Gasteiger partial charge in [-0.3, -0.25) is 4.68 Å². The molecular weight excluding hydrogens is 322 g/mol. The lowest BCUT2D eigenvalue weighted by molar-refractivity contribution is 0.447. The Morgan fingerprint density at radius 1 is 1.47 bits per heavy atom. The van der Waals surface area contributed by atoms with Gasteiger partial charge in [-0.15, -0.1) is 0 Å². The lowest BCUT2D eigenvalue weighted by Gasteiger charge is -2.21. The second-order valence-corrected chi connectivity index (χ2v) is 6.50. The minimum Gasteiger partial charge on any atom is -0.309 e. The van der Waals surface area contributed by atoms with Crippen molar-refractivity contribution in [2.45, 2.75) is 39.3 Å². The SMILES string of the molecule is CCNC(Cc1ccsc1)c1c(Br)cnn1C(C)C. The van der Waals surface area contributed by atoms with Crippen LogP contribution in [0.1, 0.15) is 44.1 Å². The molecular formula is C14H20BrN3S. The molecule has 1 unspecified atom stereocenters. The average molecular weight is 342 g/mol. The Morgan fingerprint density at radius 2 is 2.26 bits per heavy atom. The van der Waals surface area contributed by atoms with Gasteiger partial charge in [0, 0.05) is 6.04 Å². The summed E-state index contributed by atoms with van der Waals surface area (Å²) in [7, 11) is 0. The Morgan fingerprint density at radius 3 is 2.84 bits per heavy atom. The van der Waals surface area contributed by atoms with Crippen LogP contribution < -0.4 is 5.32 Å². The Kier molecular flexibility index (Phi) is 5.19. The largest absolute Gasteiger partial charge is 0.309 e. The number of aromatic nitrogens is 2. The molecule has 3 nitrogen and oxygen atoms in total. The molecule has 0 aromatic carbocycles. The highest BCUT2D eigenvalue weighted by Gasteiger charge is 2.21. The van der Waals surface area contributed by atoms with E-state index in [4.69, 9.17) is 0 Å². The number of hydrogen-bond donors (Lipinski definition) is 1. The molecule has 2 aromatic heterocycles. The van der Waals surface area contributed by atoms with Gasteiger partial charge in [0.1, 0.15) is 0 Å². The van der Waals surface area contributed by atoms with Crippen molar-refractivity contribution in [2.75, 3.05) is 6.54 Å². The van der Waals surface area contributed by atoms with E-state index in [2.05, 4.69) is 68.6 Å². The second-order valence-electron chi connectivity index (χ2n) is 4.86. The highest BCUT2D eigenvalue weighted by atomic mass is 79.9. The molecule has 2 aromatic rings. The third-order valence-electron chi connectivity index (χ3n) is 3.08. The first kappa shape index (κ1) is 14.8. The van der Waals surface area contributed by atoms with Gasteiger partial charge >= 0.3 is 0 Å². The van der Waals surface area contributed by atoms with Crippen molar-refractivity contribution in [3.05, 3.63) is 38.8 Å². The van der Waals surface area contributed by atoms with Gasteiger partial charge in [-0.25, -0.2) is 0 Å². The summed E-state index contributed by atoms with van der Waals surface area (Å²) in [5.41, 5.74) is 2.61. The summed E-state index contributed by atoms with van der Waals surface area (Å²) in [6.45, 7) is 7.42. The predicted molar refractivity (Wildman–Crippen MR) is 84.8 cm³/mol. The van der Waals surface area contributed by atoms with E-state index in [0.29, 0.717) is 12.1 Å². The second kappa shape index (κ2) is 6.68. The number of nitrogens with zero attached hydrogens (tertiary/aromatic N) is 2. The van der Waals surface area contributed by atoms with Crippen LogP contribution in [-0.2, 0) is 6.42 Å². The summed E-state index contributed by atoms with van der Waals surface area (Å²) in [6.07, 6.45) is 2.89. The summed E-state index contributed by atoms with van der Waals surface area (Å²) >= 11 is 5.39. The van der Waals surface area contributed by atoms with Crippen molar-refractivity contribution >= 4 is 27.3 Å². The number of hydrogen-bond acceptors (Lipinski definition) is 3. The minimum atomic E-state index is 0.291. The Hall–Kier alpha value is -0.650. The van der Waals surface area contributed by atoms with Crippen molar-refractivity contribution in [3.8, 4) is 0 Å². The van der Waals surface area contributed by atoms with Gasteiger partial charge in [0.15, 0.2) is 0 Å². The number of nitrogens with one attached hydrogen (secondary N) is 1. The summed E-state index contributed by atoms with van der Waals surface area (Å²) < 4.78 is 3.19. The molecule has 19 heavy (non-hydrogen) atoms. The van der Waals surface area contributed by atoms with Crippen LogP contribution in [0.25, 0.3) is 0 Å². The Bertz CT molecular complexity index is 505. The molecule has 0 aliphatic rings. The molecule has 0 bridgehead atoms. The van der Waals surface area contributed by atoms with Gasteiger partial charge in [-0.05, 0) is 65.1 Å². The molecule has 0 aliphatic carbocycles. The molecule has 5 heteroatoms. The monoisotopic (exact) mass is 341 g/mol. The lowest BCUT2D eigenvalue weighted by atomic mass is 10.1. The molecule has 104 valence electrons. The van der Waals surface area contributed by atoms with Crippen molar-refractivity contribution in [1.82, 2.24) is 15.1 Å². The van der Waals surface area contributed by atoms with Crippen LogP contribution in [0.2, 0.25) is 0 Å². The van der Waals surface area contributed by atoms with E-state index in [0.717, 1.165) is 17.4 Å². The van der Waals surface area contributed by atoms with Crippen LogP contribution in [0.15, 0.2) is 27.5 Å².